The lowest BCUT2D eigenvalue weighted by atomic mass is 10.6. The molecule has 3 unspecified atom stereocenters. The zero-order valence-corrected chi connectivity index (χ0v) is 10.4. The van der Waals surface area contributed by atoms with Crippen LogP contribution in [0.25, 0.3) is 0 Å². The van der Waals surface area contributed by atoms with Gasteiger partial charge in [-0.1, -0.05) is 11.8 Å². The van der Waals surface area contributed by atoms with E-state index in [-0.39, 0.29) is 0 Å². The summed E-state index contributed by atoms with van der Waals surface area (Å²) < 4.78 is 10.7. The topological polar surface area (TPSA) is 25.1 Å². The fourth-order valence-corrected chi connectivity index (χ4v) is 8.98. The number of hydrogen-bond acceptors (Lipinski definition) is 5. The number of epoxide rings is 2. The van der Waals surface area contributed by atoms with E-state index in [1.165, 1.54) is 11.5 Å². The molecule has 3 aliphatic heterocycles. The van der Waals surface area contributed by atoms with Crippen LogP contribution in [0.4, 0.5) is 0 Å². The SMILES string of the molecule is S=P(SCC1CS1)(C1CO1)C1CO1. The fourth-order valence-electron chi connectivity index (χ4n) is 1.22. The van der Waals surface area contributed by atoms with Crippen molar-refractivity contribution in [3.8, 4) is 0 Å². The normalized spacial score (nSPS) is 45.4. The molecule has 0 aromatic rings. The van der Waals surface area contributed by atoms with Crippen molar-refractivity contribution in [2.24, 2.45) is 0 Å². The molecule has 3 saturated heterocycles. The molecule has 0 aromatic carbocycles. The fraction of sp³-hybridized carbons (Fsp3) is 1.00. The summed E-state index contributed by atoms with van der Waals surface area (Å²) in [5.74, 6) is 3.34. The first kappa shape index (κ1) is 9.49. The van der Waals surface area contributed by atoms with Crippen LogP contribution in [0.15, 0.2) is 0 Å². The summed E-state index contributed by atoms with van der Waals surface area (Å²) in [5, 5.41) is -0.483. The molecule has 0 aromatic heterocycles. The van der Waals surface area contributed by atoms with Crippen LogP contribution >= 0.6 is 28.4 Å². The molecule has 13 heavy (non-hydrogen) atoms. The number of thioether (sulfide) groups is 1. The predicted octanol–water partition coefficient (Wildman–Crippen LogP) is 1.94. The standard InChI is InChI=1S/C7H11O2PS3/c11-10(6-1-8-6,7-2-9-7)13-4-5-3-12-5/h5-7H,1-4H2. The second-order valence-corrected chi connectivity index (χ2v) is 12.9. The van der Waals surface area contributed by atoms with E-state index >= 15 is 0 Å². The Kier molecular flexibility index (Phi) is 2.48. The first-order chi connectivity index (χ1) is 6.29. The Labute approximate surface area is 91.3 Å². The highest BCUT2D eigenvalue weighted by molar-refractivity contribution is 8.71. The molecule has 0 amide bonds. The lowest BCUT2D eigenvalue weighted by Gasteiger charge is -2.15. The van der Waals surface area contributed by atoms with Crippen molar-refractivity contribution in [2.45, 2.75) is 16.9 Å². The van der Waals surface area contributed by atoms with Crippen molar-refractivity contribution in [3.05, 3.63) is 0 Å². The molecule has 3 aliphatic rings. The summed E-state index contributed by atoms with van der Waals surface area (Å²) in [6, 6.07) is 0. The molecular weight excluding hydrogens is 243 g/mol. The van der Waals surface area contributed by atoms with Gasteiger partial charge in [-0.25, -0.2) is 0 Å². The molecule has 0 bridgehead atoms. The second-order valence-electron chi connectivity index (χ2n) is 3.47. The van der Waals surface area contributed by atoms with Gasteiger partial charge in [0.05, 0.1) is 18.5 Å². The van der Waals surface area contributed by atoms with E-state index in [1.807, 2.05) is 23.1 Å². The molecular formula is C7H11O2PS3. The summed E-state index contributed by atoms with van der Waals surface area (Å²) >= 11 is 9.77. The maximum Gasteiger partial charge on any atom is 0.120 e. The predicted molar refractivity (Wildman–Crippen MR) is 62.5 cm³/mol. The van der Waals surface area contributed by atoms with Crippen LogP contribution in [0.2, 0.25) is 0 Å². The molecule has 0 radical (unpaired) electrons. The third kappa shape index (κ3) is 2.11. The quantitative estimate of drug-likeness (QED) is 0.551. The third-order valence-corrected chi connectivity index (χ3v) is 12.1. The first-order valence-electron chi connectivity index (χ1n) is 4.38. The average molecular weight is 254 g/mol. The Morgan fingerprint density at radius 1 is 1.38 bits per heavy atom. The Hall–Kier alpha value is 1.27. The van der Waals surface area contributed by atoms with Gasteiger partial charge >= 0.3 is 0 Å². The minimum atomic E-state index is -1.36. The average Bonchev–Trinajstić information content (AvgIpc) is 3.06. The smallest absolute Gasteiger partial charge is 0.120 e. The molecule has 2 nitrogen and oxygen atoms in total. The van der Waals surface area contributed by atoms with E-state index in [0.717, 1.165) is 18.5 Å². The monoisotopic (exact) mass is 254 g/mol. The maximum absolute atomic E-state index is 5.74. The van der Waals surface area contributed by atoms with Crippen LogP contribution < -0.4 is 0 Å². The second kappa shape index (κ2) is 3.39. The molecule has 3 atom stereocenters. The van der Waals surface area contributed by atoms with Gasteiger partial charge in [0.2, 0.25) is 0 Å². The van der Waals surface area contributed by atoms with Crippen molar-refractivity contribution in [3.63, 3.8) is 0 Å². The van der Waals surface area contributed by atoms with Gasteiger partial charge in [0.15, 0.2) is 0 Å². The zero-order valence-electron chi connectivity index (χ0n) is 7.05. The van der Waals surface area contributed by atoms with Crippen molar-refractivity contribution in [1.29, 1.82) is 0 Å². The van der Waals surface area contributed by atoms with Gasteiger partial charge in [-0.2, -0.15) is 11.8 Å². The molecule has 0 N–H and O–H groups in total. The molecule has 74 valence electrons. The Bertz CT molecular complexity index is 244. The van der Waals surface area contributed by atoms with Crippen molar-refractivity contribution >= 4 is 40.2 Å². The van der Waals surface area contributed by atoms with Crippen molar-refractivity contribution in [1.82, 2.24) is 0 Å². The van der Waals surface area contributed by atoms with E-state index in [4.69, 9.17) is 21.3 Å². The van der Waals surface area contributed by atoms with E-state index in [1.54, 1.807) is 0 Å². The maximum atomic E-state index is 5.74. The number of ether oxygens (including phenoxy) is 2. The van der Waals surface area contributed by atoms with Gasteiger partial charge in [0.1, 0.15) is 11.7 Å². The summed E-state index contributed by atoms with van der Waals surface area (Å²) in [5.41, 5.74) is 0. The van der Waals surface area contributed by atoms with E-state index in [9.17, 15) is 0 Å². The molecule has 0 spiro atoms. The first-order valence-corrected chi connectivity index (χ1v) is 9.96. The third-order valence-electron chi connectivity index (χ3n) is 2.30. The lowest BCUT2D eigenvalue weighted by Crippen LogP contribution is -1.97. The molecule has 0 saturated carbocycles. The molecule has 3 fully saturated rings. The molecule has 3 heterocycles. The van der Waals surface area contributed by atoms with Gasteiger partial charge < -0.3 is 9.47 Å². The highest BCUT2D eigenvalue weighted by Gasteiger charge is 2.50. The van der Waals surface area contributed by atoms with Crippen LogP contribution in [0.5, 0.6) is 0 Å². The highest BCUT2D eigenvalue weighted by atomic mass is 32.9. The Morgan fingerprint density at radius 2 is 1.92 bits per heavy atom. The van der Waals surface area contributed by atoms with Gasteiger partial charge in [0.25, 0.3) is 0 Å². The minimum absolute atomic E-state index is 0.392. The summed E-state index contributed by atoms with van der Waals surface area (Å²) in [6.07, 6.45) is 0. The van der Waals surface area contributed by atoms with Crippen LogP contribution in [0.1, 0.15) is 0 Å². The summed E-state index contributed by atoms with van der Waals surface area (Å²) in [4.78, 5) is 0. The molecule has 6 heteroatoms. The van der Waals surface area contributed by atoms with E-state index < -0.39 is 5.24 Å². The number of rotatable bonds is 5. The summed E-state index contributed by atoms with van der Waals surface area (Å²) in [6.45, 7) is 1.78. The Morgan fingerprint density at radius 3 is 2.31 bits per heavy atom. The van der Waals surface area contributed by atoms with Gasteiger partial charge in [-0.3, -0.25) is 0 Å². The van der Waals surface area contributed by atoms with Crippen LogP contribution in [0, 0.1) is 0 Å². The molecule has 3 rings (SSSR count). The van der Waals surface area contributed by atoms with Crippen LogP contribution in [0.3, 0.4) is 0 Å². The number of hydrogen-bond donors (Lipinski definition) is 0. The zero-order chi connectivity index (χ0) is 8.89. The lowest BCUT2D eigenvalue weighted by molar-refractivity contribution is 0.443. The van der Waals surface area contributed by atoms with Gasteiger partial charge in [0, 0.05) is 16.8 Å². The van der Waals surface area contributed by atoms with Gasteiger partial charge in [-0.05, 0) is 0 Å². The summed E-state index contributed by atoms with van der Waals surface area (Å²) in [7, 11) is 0. The van der Waals surface area contributed by atoms with Crippen molar-refractivity contribution in [2.75, 3.05) is 24.7 Å². The Balaban J connectivity index is 1.62. The van der Waals surface area contributed by atoms with E-state index in [2.05, 4.69) is 0 Å². The minimum Gasteiger partial charge on any atom is -0.366 e. The highest BCUT2D eigenvalue weighted by Crippen LogP contribution is 2.73. The van der Waals surface area contributed by atoms with Gasteiger partial charge in [-0.15, -0.1) is 11.4 Å². The largest absolute Gasteiger partial charge is 0.366 e. The molecule has 0 aliphatic carbocycles. The van der Waals surface area contributed by atoms with E-state index in [0.29, 0.717) is 11.7 Å². The van der Waals surface area contributed by atoms with Crippen LogP contribution in [-0.4, -0.2) is 41.7 Å². The van der Waals surface area contributed by atoms with Crippen molar-refractivity contribution < 1.29 is 9.47 Å². The van der Waals surface area contributed by atoms with Crippen LogP contribution in [-0.2, 0) is 21.3 Å².